The number of nitrogens with one attached hydrogen (secondary N) is 1. The highest BCUT2D eigenvalue weighted by Crippen LogP contribution is 2.18. The van der Waals surface area contributed by atoms with Crippen LogP contribution in [0.15, 0.2) is 0 Å². The van der Waals surface area contributed by atoms with Crippen molar-refractivity contribution in [3.63, 3.8) is 0 Å². The van der Waals surface area contributed by atoms with Gasteiger partial charge in [-0.25, -0.2) is 0 Å². The maximum Gasteiger partial charge on any atom is 0.235 e. The molecule has 0 aromatic heterocycles. The summed E-state index contributed by atoms with van der Waals surface area (Å²) in [6.07, 6.45) is 5.19. The lowest BCUT2D eigenvalue weighted by molar-refractivity contribution is -0.121. The van der Waals surface area contributed by atoms with Crippen LogP contribution in [-0.4, -0.2) is 33.2 Å². The van der Waals surface area contributed by atoms with Crippen LogP contribution in [-0.2, 0) is 15.6 Å². The number of hydrogen-bond acceptors (Lipinski definition) is 3. The Morgan fingerprint density at radius 3 is 2.53 bits per heavy atom. The summed E-state index contributed by atoms with van der Waals surface area (Å²) in [5.41, 5.74) is 5.44. The van der Waals surface area contributed by atoms with Crippen LogP contribution in [0.25, 0.3) is 0 Å². The number of nitrogens with two attached hydrogens (primary N) is 1. The van der Waals surface area contributed by atoms with E-state index in [2.05, 4.69) is 5.32 Å². The molecule has 1 saturated carbocycles. The van der Waals surface area contributed by atoms with Gasteiger partial charge >= 0.3 is 0 Å². The molecule has 17 heavy (non-hydrogen) atoms. The fraction of sp³-hybridized carbons (Fsp3) is 0.917. The van der Waals surface area contributed by atoms with Crippen LogP contribution in [0.3, 0.4) is 0 Å². The van der Waals surface area contributed by atoms with Crippen LogP contribution in [0.1, 0.15) is 46.0 Å². The SMILES string of the molecule is CC(CCN)S(=O)C(C)C(=O)NC1CCCC1. The second kappa shape index (κ2) is 7.11. The minimum Gasteiger partial charge on any atom is -0.352 e. The predicted molar refractivity (Wildman–Crippen MR) is 71.1 cm³/mol. The first-order valence-corrected chi connectivity index (χ1v) is 7.73. The van der Waals surface area contributed by atoms with Gasteiger partial charge in [0.05, 0.1) is 0 Å². The molecule has 0 aliphatic heterocycles. The lowest BCUT2D eigenvalue weighted by atomic mass is 10.2. The molecule has 1 aliphatic rings. The monoisotopic (exact) mass is 260 g/mol. The molecule has 0 aromatic carbocycles. The molecule has 100 valence electrons. The van der Waals surface area contributed by atoms with Gasteiger partial charge in [-0.3, -0.25) is 9.00 Å². The number of rotatable bonds is 6. The normalized spacial score (nSPS) is 22.1. The standard InChI is InChI=1S/C12H24N2O2S/c1-9(7-8-13)17(16)10(2)12(15)14-11-5-3-4-6-11/h9-11H,3-8,13H2,1-2H3,(H,14,15). The van der Waals surface area contributed by atoms with Gasteiger partial charge in [0.25, 0.3) is 0 Å². The van der Waals surface area contributed by atoms with E-state index < -0.39 is 16.0 Å². The predicted octanol–water partition coefficient (Wildman–Crippen LogP) is 0.920. The van der Waals surface area contributed by atoms with Crippen LogP contribution < -0.4 is 11.1 Å². The molecule has 0 aromatic rings. The number of carbonyl (C=O) groups is 1. The molecule has 1 amide bonds. The third-order valence-corrected chi connectivity index (χ3v) is 5.33. The van der Waals surface area contributed by atoms with Crippen molar-refractivity contribution >= 4 is 16.7 Å². The van der Waals surface area contributed by atoms with E-state index in [1.165, 1.54) is 12.8 Å². The Morgan fingerprint density at radius 2 is 2.00 bits per heavy atom. The van der Waals surface area contributed by atoms with Gasteiger partial charge in [-0.05, 0) is 32.7 Å². The summed E-state index contributed by atoms with van der Waals surface area (Å²) in [5, 5.41) is 2.55. The van der Waals surface area contributed by atoms with Crippen molar-refractivity contribution in [2.75, 3.05) is 6.54 Å². The van der Waals surface area contributed by atoms with Gasteiger partial charge in [-0.15, -0.1) is 0 Å². The third kappa shape index (κ3) is 4.39. The molecule has 0 spiro atoms. The molecule has 0 radical (unpaired) electrons. The van der Waals surface area contributed by atoms with E-state index in [1.807, 2.05) is 6.92 Å². The van der Waals surface area contributed by atoms with Gasteiger partial charge in [0.1, 0.15) is 5.25 Å². The van der Waals surface area contributed by atoms with Gasteiger partial charge in [-0.2, -0.15) is 0 Å². The first-order valence-electron chi connectivity index (χ1n) is 6.46. The molecule has 0 bridgehead atoms. The molecule has 5 heteroatoms. The van der Waals surface area contributed by atoms with Crippen molar-refractivity contribution < 1.29 is 9.00 Å². The van der Waals surface area contributed by atoms with Gasteiger partial charge in [0.2, 0.25) is 5.91 Å². The highest BCUT2D eigenvalue weighted by molar-refractivity contribution is 7.87. The molecule has 3 unspecified atom stereocenters. The second-order valence-corrected chi connectivity index (χ2v) is 7.02. The molecular formula is C12H24N2O2S. The Kier molecular flexibility index (Phi) is 6.12. The Morgan fingerprint density at radius 1 is 1.41 bits per heavy atom. The average molecular weight is 260 g/mol. The van der Waals surface area contributed by atoms with E-state index >= 15 is 0 Å². The molecule has 1 aliphatic carbocycles. The lowest BCUT2D eigenvalue weighted by Crippen LogP contribution is -2.42. The Hall–Kier alpha value is -0.420. The largest absolute Gasteiger partial charge is 0.352 e. The van der Waals surface area contributed by atoms with E-state index in [4.69, 9.17) is 5.73 Å². The fourth-order valence-electron chi connectivity index (χ4n) is 2.19. The van der Waals surface area contributed by atoms with Crippen molar-refractivity contribution in [3.05, 3.63) is 0 Å². The first-order chi connectivity index (χ1) is 8.06. The lowest BCUT2D eigenvalue weighted by Gasteiger charge is -2.19. The summed E-state index contributed by atoms with van der Waals surface area (Å²) in [6, 6.07) is 0.298. The molecule has 3 atom stereocenters. The zero-order valence-corrected chi connectivity index (χ0v) is 11.6. The van der Waals surface area contributed by atoms with Gasteiger partial charge in [0, 0.05) is 22.1 Å². The highest BCUT2D eigenvalue weighted by atomic mass is 32.2. The first kappa shape index (κ1) is 14.6. The maximum absolute atomic E-state index is 12.0. The summed E-state index contributed by atoms with van der Waals surface area (Å²) < 4.78 is 12.0. The maximum atomic E-state index is 12.0. The quantitative estimate of drug-likeness (QED) is 0.746. The minimum atomic E-state index is -1.13. The van der Waals surface area contributed by atoms with Gasteiger partial charge < -0.3 is 11.1 Å². The number of carbonyl (C=O) groups excluding carboxylic acids is 1. The Bertz CT molecular complexity index is 278. The summed E-state index contributed by atoms with van der Waals surface area (Å²) in [5.74, 6) is -0.0703. The van der Waals surface area contributed by atoms with E-state index in [0.29, 0.717) is 19.0 Å². The zero-order valence-electron chi connectivity index (χ0n) is 10.8. The van der Waals surface area contributed by atoms with Gasteiger partial charge in [-0.1, -0.05) is 19.8 Å². The topological polar surface area (TPSA) is 72.2 Å². The van der Waals surface area contributed by atoms with Crippen LogP contribution in [0.4, 0.5) is 0 Å². The van der Waals surface area contributed by atoms with Crippen LogP contribution in [0.2, 0.25) is 0 Å². The van der Waals surface area contributed by atoms with Gasteiger partial charge in [0.15, 0.2) is 0 Å². The fourth-order valence-corrected chi connectivity index (χ4v) is 3.54. The van der Waals surface area contributed by atoms with Crippen molar-refractivity contribution in [3.8, 4) is 0 Å². The summed E-state index contributed by atoms with van der Waals surface area (Å²) in [6.45, 7) is 4.15. The van der Waals surface area contributed by atoms with Crippen LogP contribution in [0.5, 0.6) is 0 Å². The molecule has 3 N–H and O–H groups in total. The van der Waals surface area contributed by atoms with Crippen molar-refractivity contribution in [2.24, 2.45) is 5.73 Å². The van der Waals surface area contributed by atoms with Crippen LogP contribution >= 0.6 is 0 Å². The minimum absolute atomic E-state index is 0.00988. The molecular weight excluding hydrogens is 236 g/mol. The smallest absolute Gasteiger partial charge is 0.235 e. The van der Waals surface area contributed by atoms with E-state index in [1.54, 1.807) is 6.92 Å². The molecule has 0 heterocycles. The molecule has 0 saturated heterocycles. The summed E-state index contributed by atoms with van der Waals surface area (Å²) >= 11 is 0. The average Bonchev–Trinajstić information content (AvgIpc) is 2.80. The Labute approximate surface area is 106 Å². The number of hydrogen-bond donors (Lipinski definition) is 2. The van der Waals surface area contributed by atoms with Crippen molar-refractivity contribution in [1.29, 1.82) is 0 Å². The van der Waals surface area contributed by atoms with E-state index in [0.717, 1.165) is 12.8 Å². The summed E-state index contributed by atoms with van der Waals surface area (Å²) in [4.78, 5) is 11.9. The molecule has 1 rings (SSSR count). The van der Waals surface area contributed by atoms with Crippen molar-refractivity contribution in [1.82, 2.24) is 5.32 Å². The van der Waals surface area contributed by atoms with Crippen molar-refractivity contribution in [2.45, 2.75) is 62.5 Å². The van der Waals surface area contributed by atoms with E-state index in [-0.39, 0.29) is 11.2 Å². The second-order valence-electron chi connectivity index (χ2n) is 4.85. The highest BCUT2D eigenvalue weighted by Gasteiger charge is 2.26. The third-order valence-electron chi connectivity index (χ3n) is 3.39. The molecule has 4 nitrogen and oxygen atoms in total. The summed E-state index contributed by atoms with van der Waals surface area (Å²) in [7, 11) is -1.13. The zero-order chi connectivity index (χ0) is 12.8. The van der Waals surface area contributed by atoms with Crippen LogP contribution in [0, 0.1) is 0 Å². The Balaban J connectivity index is 2.41. The van der Waals surface area contributed by atoms with E-state index in [9.17, 15) is 9.00 Å². The molecule has 1 fully saturated rings. The number of amides is 1.